The molecule has 0 aliphatic rings. The van der Waals surface area contributed by atoms with E-state index in [2.05, 4.69) is 26.6 Å². The molecule has 0 aliphatic heterocycles. The first-order chi connectivity index (χ1) is 15.1. The van der Waals surface area contributed by atoms with E-state index in [1.165, 1.54) is 6.07 Å². The van der Waals surface area contributed by atoms with Crippen molar-refractivity contribution in [2.45, 2.75) is 13.8 Å². The predicted molar refractivity (Wildman–Crippen MR) is 128 cm³/mol. The zero-order valence-corrected chi connectivity index (χ0v) is 20.5. The van der Waals surface area contributed by atoms with Gasteiger partial charge in [-0.3, -0.25) is 10.1 Å². The maximum atomic E-state index is 13.4. The van der Waals surface area contributed by atoms with E-state index in [0.717, 1.165) is 12.1 Å². The van der Waals surface area contributed by atoms with Gasteiger partial charge in [0.2, 0.25) is 0 Å². The number of anilines is 1. The van der Waals surface area contributed by atoms with Crippen LogP contribution in [0.1, 0.15) is 21.5 Å². The van der Waals surface area contributed by atoms with E-state index in [-0.39, 0.29) is 15.6 Å². The molecule has 0 atom stereocenters. The smallest absolute Gasteiger partial charge is 0.326 e. The highest BCUT2D eigenvalue weighted by Gasteiger charge is 2.19. The standard InChI is InChI=1S/C22H15BrCl3FN2O3/c1-10-7-17(28-22(31)29-21(30)14-9-13(27)4-5-16(14)25)11(2)19(26)20(10)32-18-6-3-12(24)8-15(18)23/h3-9H,1-2H3,(H2,28,29,30,31). The van der Waals surface area contributed by atoms with Crippen LogP contribution < -0.4 is 15.4 Å². The molecule has 0 unspecified atom stereocenters. The summed E-state index contributed by atoms with van der Waals surface area (Å²) in [5, 5.41) is 5.51. The maximum Gasteiger partial charge on any atom is 0.326 e. The highest BCUT2D eigenvalue weighted by molar-refractivity contribution is 9.10. The second-order valence-corrected chi connectivity index (χ2v) is 8.79. The molecule has 0 saturated heterocycles. The molecule has 0 aliphatic carbocycles. The van der Waals surface area contributed by atoms with E-state index in [4.69, 9.17) is 39.5 Å². The molecule has 3 amide bonds. The molecule has 0 heterocycles. The summed E-state index contributed by atoms with van der Waals surface area (Å²) >= 11 is 21.7. The van der Waals surface area contributed by atoms with Crippen molar-refractivity contribution >= 4 is 68.4 Å². The molecule has 5 nitrogen and oxygen atoms in total. The number of halogens is 5. The molecular weight excluding hydrogens is 546 g/mol. The van der Waals surface area contributed by atoms with Gasteiger partial charge in [-0.05, 0) is 83.4 Å². The number of urea groups is 1. The van der Waals surface area contributed by atoms with Gasteiger partial charge >= 0.3 is 6.03 Å². The van der Waals surface area contributed by atoms with E-state index in [9.17, 15) is 14.0 Å². The highest BCUT2D eigenvalue weighted by Crippen LogP contribution is 2.41. The first-order valence-electron chi connectivity index (χ1n) is 9.06. The molecule has 2 N–H and O–H groups in total. The summed E-state index contributed by atoms with van der Waals surface area (Å²) in [6.45, 7) is 3.44. The van der Waals surface area contributed by atoms with Gasteiger partial charge in [0.1, 0.15) is 17.3 Å². The lowest BCUT2D eigenvalue weighted by Crippen LogP contribution is -2.34. The Morgan fingerprint density at radius 3 is 2.44 bits per heavy atom. The molecule has 0 radical (unpaired) electrons. The summed E-state index contributed by atoms with van der Waals surface area (Å²) in [7, 11) is 0. The molecule has 3 aromatic rings. The summed E-state index contributed by atoms with van der Waals surface area (Å²) in [5.74, 6) is -0.586. The minimum atomic E-state index is -0.847. The fourth-order valence-corrected chi connectivity index (χ4v) is 4.03. The topological polar surface area (TPSA) is 67.4 Å². The number of benzene rings is 3. The number of hydrogen-bond donors (Lipinski definition) is 2. The zero-order valence-electron chi connectivity index (χ0n) is 16.7. The average Bonchev–Trinajstić information content (AvgIpc) is 2.72. The van der Waals surface area contributed by atoms with Crippen LogP contribution in [0.15, 0.2) is 46.9 Å². The van der Waals surface area contributed by atoms with Crippen molar-refractivity contribution in [3.05, 3.63) is 84.5 Å². The molecule has 0 spiro atoms. The van der Waals surface area contributed by atoms with Crippen LogP contribution in [0.4, 0.5) is 14.9 Å². The first kappa shape index (κ1) is 24.3. The Hall–Kier alpha value is -2.32. The van der Waals surface area contributed by atoms with Gasteiger partial charge < -0.3 is 10.1 Å². The molecular formula is C22H15BrCl3FN2O3. The minimum Gasteiger partial charge on any atom is -0.454 e. The van der Waals surface area contributed by atoms with Crippen molar-refractivity contribution < 1.29 is 18.7 Å². The van der Waals surface area contributed by atoms with Crippen LogP contribution >= 0.6 is 50.7 Å². The SMILES string of the molecule is Cc1cc(NC(=O)NC(=O)c2cc(F)ccc2Cl)c(C)c(Cl)c1Oc1ccc(Cl)cc1Br. The molecule has 0 aromatic heterocycles. The summed E-state index contributed by atoms with van der Waals surface area (Å²) in [6.07, 6.45) is 0. The lowest BCUT2D eigenvalue weighted by atomic mass is 10.1. The molecule has 10 heteroatoms. The Balaban J connectivity index is 1.79. The number of imide groups is 1. The number of carbonyl (C=O) groups excluding carboxylic acids is 2. The van der Waals surface area contributed by atoms with Gasteiger partial charge in [-0.25, -0.2) is 9.18 Å². The van der Waals surface area contributed by atoms with Crippen LogP contribution in [-0.4, -0.2) is 11.9 Å². The third kappa shape index (κ3) is 5.53. The molecule has 3 aromatic carbocycles. The first-order valence-corrected chi connectivity index (χ1v) is 11.0. The largest absolute Gasteiger partial charge is 0.454 e. The van der Waals surface area contributed by atoms with Crippen molar-refractivity contribution in [2.24, 2.45) is 0 Å². The number of hydrogen-bond acceptors (Lipinski definition) is 3. The molecule has 166 valence electrons. The van der Waals surface area contributed by atoms with Crippen molar-refractivity contribution in [1.82, 2.24) is 5.32 Å². The van der Waals surface area contributed by atoms with Crippen LogP contribution in [0, 0.1) is 19.7 Å². The van der Waals surface area contributed by atoms with Gasteiger partial charge in [-0.2, -0.15) is 0 Å². The van der Waals surface area contributed by atoms with Crippen molar-refractivity contribution in [3.8, 4) is 11.5 Å². The van der Waals surface area contributed by atoms with E-state index in [1.807, 2.05) is 0 Å². The van der Waals surface area contributed by atoms with Crippen molar-refractivity contribution in [2.75, 3.05) is 5.32 Å². The van der Waals surface area contributed by atoms with E-state index in [1.54, 1.807) is 38.1 Å². The molecule has 32 heavy (non-hydrogen) atoms. The normalized spacial score (nSPS) is 10.6. The Morgan fingerprint density at radius 1 is 1.03 bits per heavy atom. The van der Waals surface area contributed by atoms with Crippen LogP contribution in [0.3, 0.4) is 0 Å². The zero-order chi connectivity index (χ0) is 23.6. The minimum absolute atomic E-state index is 0.0154. The van der Waals surface area contributed by atoms with Crippen LogP contribution in [-0.2, 0) is 0 Å². The van der Waals surface area contributed by atoms with Gasteiger partial charge in [-0.15, -0.1) is 0 Å². The number of carbonyl (C=O) groups is 2. The quantitative estimate of drug-likeness (QED) is 0.341. The lowest BCUT2D eigenvalue weighted by molar-refractivity contribution is 0.0967. The van der Waals surface area contributed by atoms with E-state index < -0.39 is 17.8 Å². The molecule has 0 fully saturated rings. The van der Waals surface area contributed by atoms with E-state index >= 15 is 0 Å². The molecule has 3 rings (SSSR count). The van der Waals surface area contributed by atoms with Gasteiger partial charge in [0.15, 0.2) is 0 Å². The molecule has 0 bridgehead atoms. The number of amides is 3. The third-order valence-corrected chi connectivity index (χ3v) is 6.05. The highest BCUT2D eigenvalue weighted by atomic mass is 79.9. The average molecular weight is 561 g/mol. The Kier molecular flexibility index (Phi) is 7.67. The Labute approximate surface area is 206 Å². The fraction of sp³-hybridized carbons (Fsp3) is 0.0909. The van der Waals surface area contributed by atoms with Crippen LogP contribution in [0.5, 0.6) is 11.5 Å². The summed E-state index contributed by atoms with van der Waals surface area (Å²) in [5.41, 5.74) is 1.36. The van der Waals surface area contributed by atoms with Crippen LogP contribution in [0.25, 0.3) is 0 Å². The predicted octanol–water partition coefficient (Wildman–Crippen LogP) is 7.92. The summed E-state index contributed by atoms with van der Waals surface area (Å²) in [6, 6.07) is 9.17. The Bertz CT molecular complexity index is 1240. The second-order valence-electron chi connectivity index (χ2n) is 6.72. The summed E-state index contributed by atoms with van der Waals surface area (Å²) in [4.78, 5) is 24.6. The Morgan fingerprint density at radius 2 is 1.75 bits per heavy atom. The number of nitrogens with one attached hydrogen (secondary N) is 2. The number of aryl methyl sites for hydroxylation is 1. The summed E-state index contributed by atoms with van der Waals surface area (Å²) < 4.78 is 20.0. The van der Waals surface area contributed by atoms with Crippen molar-refractivity contribution in [3.63, 3.8) is 0 Å². The molecule has 0 saturated carbocycles. The third-order valence-electron chi connectivity index (χ3n) is 4.41. The van der Waals surface area contributed by atoms with Gasteiger partial charge in [0.25, 0.3) is 5.91 Å². The van der Waals surface area contributed by atoms with E-state index in [0.29, 0.717) is 37.8 Å². The lowest BCUT2D eigenvalue weighted by Gasteiger charge is -2.17. The number of ether oxygens (including phenoxy) is 1. The van der Waals surface area contributed by atoms with Crippen LogP contribution in [0.2, 0.25) is 15.1 Å². The fourth-order valence-electron chi connectivity index (χ4n) is 2.77. The monoisotopic (exact) mass is 558 g/mol. The van der Waals surface area contributed by atoms with Gasteiger partial charge in [0.05, 0.1) is 20.1 Å². The number of rotatable bonds is 4. The van der Waals surface area contributed by atoms with Gasteiger partial charge in [-0.1, -0.05) is 34.8 Å². The maximum absolute atomic E-state index is 13.4. The van der Waals surface area contributed by atoms with Crippen molar-refractivity contribution in [1.29, 1.82) is 0 Å². The second kappa shape index (κ2) is 10.1. The van der Waals surface area contributed by atoms with Gasteiger partial charge in [0, 0.05) is 10.7 Å².